The van der Waals surface area contributed by atoms with Crippen LogP contribution in [-0.4, -0.2) is 32.8 Å². The molecule has 0 aliphatic carbocycles. The molecule has 0 amide bonds. The van der Waals surface area contributed by atoms with Gasteiger partial charge < -0.3 is 5.32 Å². The highest BCUT2D eigenvalue weighted by atomic mass is 15.3. The second kappa shape index (κ2) is 4.02. The van der Waals surface area contributed by atoms with Gasteiger partial charge in [0.1, 0.15) is 12.7 Å². The fourth-order valence-electron chi connectivity index (χ4n) is 1.83. The van der Waals surface area contributed by atoms with E-state index in [0.717, 1.165) is 31.2 Å². The number of hydrogen-bond acceptors (Lipinski definition) is 4. The van der Waals surface area contributed by atoms with Crippen molar-refractivity contribution in [2.75, 3.05) is 13.1 Å². The van der Waals surface area contributed by atoms with Gasteiger partial charge in [0.2, 0.25) is 0 Å². The van der Waals surface area contributed by atoms with E-state index in [1.54, 1.807) is 11.0 Å². The van der Waals surface area contributed by atoms with Crippen LogP contribution in [0.25, 0.3) is 5.82 Å². The van der Waals surface area contributed by atoms with Crippen LogP contribution in [0, 0.1) is 5.92 Å². The van der Waals surface area contributed by atoms with Gasteiger partial charge in [-0.05, 0) is 37.1 Å². The quantitative estimate of drug-likeness (QED) is 0.806. The van der Waals surface area contributed by atoms with Crippen LogP contribution in [0.1, 0.15) is 5.56 Å². The van der Waals surface area contributed by atoms with Crippen molar-refractivity contribution in [3.63, 3.8) is 0 Å². The number of pyridine rings is 1. The van der Waals surface area contributed by atoms with Gasteiger partial charge in [0.05, 0.1) is 0 Å². The Morgan fingerprint density at radius 2 is 2.31 bits per heavy atom. The summed E-state index contributed by atoms with van der Waals surface area (Å²) in [6.07, 6.45) is 6.19. The van der Waals surface area contributed by atoms with E-state index in [0.29, 0.717) is 0 Å². The highest BCUT2D eigenvalue weighted by molar-refractivity contribution is 5.24. The van der Waals surface area contributed by atoms with Crippen LogP contribution in [0.3, 0.4) is 0 Å². The van der Waals surface area contributed by atoms with Crippen molar-refractivity contribution in [1.82, 2.24) is 25.1 Å². The number of aromatic nitrogens is 4. The van der Waals surface area contributed by atoms with Crippen molar-refractivity contribution < 1.29 is 0 Å². The molecule has 3 rings (SSSR count). The number of hydrogen-bond donors (Lipinski definition) is 1. The van der Waals surface area contributed by atoms with Gasteiger partial charge in [-0.15, -0.1) is 0 Å². The summed E-state index contributed by atoms with van der Waals surface area (Å²) in [5, 5.41) is 7.31. The molecule has 16 heavy (non-hydrogen) atoms. The summed E-state index contributed by atoms with van der Waals surface area (Å²) in [7, 11) is 0. The minimum Gasteiger partial charge on any atom is -0.316 e. The van der Waals surface area contributed by atoms with Gasteiger partial charge in [0.15, 0.2) is 5.82 Å². The van der Waals surface area contributed by atoms with Crippen molar-refractivity contribution in [2.45, 2.75) is 6.42 Å². The molecule has 0 spiro atoms. The SMILES string of the molecule is c1ncn(-c2ccc(CC3CNC3)cn2)n1. The molecule has 0 unspecified atom stereocenters. The summed E-state index contributed by atoms with van der Waals surface area (Å²) in [6, 6.07) is 4.10. The van der Waals surface area contributed by atoms with E-state index in [2.05, 4.69) is 26.4 Å². The molecule has 3 heterocycles. The minimum atomic E-state index is 0.777. The Morgan fingerprint density at radius 3 is 2.88 bits per heavy atom. The van der Waals surface area contributed by atoms with E-state index in [9.17, 15) is 0 Å². The van der Waals surface area contributed by atoms with Crippen LogP contribution in [0.15, 0.2) is 31.0 Å². The van der Waals surface area contributed by atoms with E-state index in [4.69, 9.17) is 0 Å². The van der Waals surface area contributed by atoms with Crippen molar-refractivity contribution in [1.29, 1.82) is 0 Å². The van der Waals surface area contributed by atoms with E-state index in [1.165, 1.54) is 11.9 Å². The van der Waals surface area contributed by atoms with Gasteiger partial charge in [0, 0.05) is 6.20 Å². The van der Waals surface area contributed by atoms with E-state index in [1.807, 2.05) is 12.3 Å². The maximum absolute atomic E-state index is 4.37. The minimum absolute atomic E-state index is 0.777. The lowest BCUT2D eigenvalue weighted by Gasteiger charge is -2.26. The molecule has 0 bridgehead atoms. The molecular formula is C11H13N5. The molecule has 82 valence electrons. The lowest BCUT2D eigenvalue weighted by molar-refractivity contribution is 0.346. The third kappa shape index (κ3) is 1.81. The second-order valence-corrected chi connectivity index (χ2v) is 4.09. The molecule has 5 heteroatoms. The normalized spacial score (nSPS) is 16.0. The fraction of sp³-hybridized carbons (Fsp3) is 0.364. The molecule has 0 atom stereocenters. The smallest absolute Gasteiger partial charge is 0.155 e. The molecule has 5 nitrogen and oxygen atoms in total. The van der Waals surface area contributed by atoms with Crippen LogP contribution < -0.4 is 5.32 Å². The van der Waals surface area contributed by atoms with Crippen LogP contribution in [0.2, 0.25) is 0 Å². The summed E-state index contributed by atoms with van der Waals surface area (Å²) in [6.45, 7) is 2.26. The topological polar surface area (TPSA) is 55.6 Å². The molecule has 2 aromatic rings. The summed E-state index contributed by atoms with van der Waals surface area (Å²) < 4.78 is 1.66. The zero-order chi connectivity index (χ0) is 10.8. The van der Waals surface area contributed by atoms with Gasteiger partial charge in [-0.1, -0.05) is 6.07 Å². The predicted octanol–water partition coefficient (Wildman–Crippen LogP) is 0.424. The van der Waals surface area contributed by atoms with Crippen LogP contribution in [0.4, 0.5) is 0 Å². The Balaban J connectivity index is 1.74. The summed E-state index contributed by atoms with van der Waals surface area (Å²) in [4.78, 5) is 8.27. The maximum Gasteiger partial charge on any atom is 0.155 e. The molecule has 1 fully saturated rings. The lowest BCUT2D eigenvalue weighted by atomic mass is 9.95. The Bertz CT molecular complexity index is 444. The van der Waals surface area contributed by atoms with Gasteiger partial charge in [0.25, 0.3) is 0 Å². The molecule has 1 N–H and O–H groups in total. The van der Waals surface area contributed by atoms with Crippen LogP contribution in [-0.2, 0) is 6.42 Å². The van der Waals surface area contributed by atoms with Crippen molar-refractivity contribution >= 4 is 0 Å². The fourth-order valence-corrected chi connectivity index (χ4v) is 1.83. The summed E-state index contributed by atoms with van der Waals surface area (Å²) >= 11 is 0. The first kappa shape index (κ1) is 9.47. The molecule has 1 saturated heterocycles. The number of nitrogens with one attached hydrogen (secondary N) is 1. The highest BCUT2D eigenvalue weighted by Crippen LogP contribution is 2.12. The zero-order valence-corrected chi connectivity index (χ0v) is 8.87. The van der Waals surface area contributed by atoms with Gasteiger partial charge >= 0.3 is 0 Å². The molecule has 2 aromatic heterocycles. The third-order valence-electron chi connectivity index (χ3n) is 2.85. The van der Waals surface area contributed by atoms with Crippen molar-refractivity contribution in [3.05, 3.63) is 36.5 Å². The van der Waals surface area contributed by atoms with Gasteiger partial charge in [-0.3, -0.25) is 0 Å². The molecule has 0 saturated carbocycles. The number of nitrogens with zero attached hydrogens (tertiary/aromatic N) is 4. The predicted molar refractivity (Wildman–Crippen MR) is 59.2 cm³/mol. The highest BCUT2D eigenvalue weighted by Gasteiger charge is 2.16. The Morgan fingerprint density at radius 1 is 1.38 bits per heavy atom. The van der Waals surface area contributed by atoms with Gasteiger partial charge in [-0.25, -0.2) is 14.6 Å². The maximum atomic E-state index is 4.37. The Kier molecular flexibility index (Phi) is 2.38. The first-order valence-electron chi connectivity index (χ1n) is 5.42. The first-order valence-corrected chi connectivity index (χ1v) is 5.42. The van der Waals surface area contributed by atoms with E-state index < -0.39 is 0 Å². The first-order chi connectivity index (χ1) is 7.92. The molecule has 0 radical (unpaired) electrons. The average molecular weight is 215 g/mol. The van der Waals surface area contributed by atoms with E-state index >= 15 is 0 Å². The van der Waals surface area contributed by atoms with Gasteiger partial charge in [-0.2, -0.15) is 5.10 Å². The Labute approximate surface area is 93.5 Å². The molecule has 1 aliphatic rings. The lowest BCUT2D eigenvalue weighted by Crippen LogP contribution is -2.43. The molecule has 1 aliphatic heterocycles. The zero-order valence-electron chi connectivity index (χ0n) is 8.87. The average Bonchev–Trinajstić information content (AvgIpc) is 2.78. The largest absolute Gasteiger partial charge is 0.316 e. The van der Waals surface area contributed by atoms with Crippen molar-refractivity contribution in [3.8, 4) is 5.82 Å². The number of rotatable bonds is 3. The Hall–Kier alpha value is -1.75. The summed E-state index contributed by atoms with van der Waals surface area (Å²) in [5.74, 6) is 1.59. The molecular weight excluding hydrogens is 202 g/mol. The third-order valence-corrected chi connectivity index (χ3v) is 2.85. The monoisotopic (exact) mass is 215 g/mol. The van der Waals surface area contributed by atoms with Crippen LogP contribution >= 0.6 is 0 Å². The standard InChI is InChI=1S/C11H13N5/c1-2-11(16-8-13-7-15-16)14-6-9(1)3-10-4-12-5-10/h1-2,6-8,10,12H,3-5H2. The second-order valence-electron chi connectivity index (χ2n) is 4.09. The van der Waals surface area contributed by atoms with Crippen LogP contribution in [0.5, 0.6) is 0 Å². The van der Waals surface area contributed by atoms with E-state index in [-0.39, 0.29) is 0 Å². The molecule has 0 aromatic carbocycles. The summed E-state index contributed by atoms with van der Waals surface area (Å²) in [5.41, 5.74) is 1.29. The van der Waals surface area contributed by atoms with Crippen molar-refractivity contribution in [2.24, 2.45) is 5.92 Å².